The van der Waals surface area contributed by atoms with Gasteiger partial charge >= 0.3 is 0 Å². The van der Waals surface area contributed by atoms with Gasteiger partial charge in [0, 0.05) is 52.8 Å². The lowest BCUT2D eigenvalue weighted by Crippen LogP contribution is -2.22. The zero-order valence-electron chi connectivity index (χ0n) is 24.2. The molecular weight excluding hydrogens is 567 g/mol. The van der Waals surface area contributed by atoms with E-state index in [0.717, 1.165) is 23.0 Å². The van der Waals surface area contributed by atoms with Crippen LogP contribution in [0.4, 0.5) is 13.2 Å². The van der Waals surface area contributed by atoms with Crippen LogP contribution in [0.25, 0.3) is 22.0 Å². The Morgan fingerprint density at radius 1 is 0.909 bits per heavy atom. The van der Waals surface area contributed by atoms with Gasteiger partial charge in [-0.2, -0.15) is 0 Å². The summed E-state index contributed by atoms with van der Waals surface area (Å²) >= 11 is 0. The monoisotopic (exact) mass is 597 g/mol. The van der Waals surface area contributed by atoms with E-state index in [1.807, 2.05) is 35.8 Å². The van der Waals surface area contributed by atoms with Crippen LogP contribution < -0.4 is 5.73 Å². The fourth-order valence-corrected chi connectivity index (χ4v) is 5.85. The molecule has 0 fully saturated rings. The molecule has 0 aliphatic carbocycles. The summed E-state index contributed by atoms with van der Waals surface area (Å²) in [5.74, 6) is -4.17. The SMILES string of the molecule is CCC(C(=O)C[C@@H](Cc1cc(F)cc(F)c1)c1ncccc1-c1ccc(F)c(C(N)=O)c1)n1cc(C(C)=O)c2ccccc21. The van der Waals surface area contributed by atoms with Gasteiger partial charge < -0.3 is 10.3 Å². The van der Waals surface area contributed by atoms with E-state index < -0.39 is 35.3 Å². The number of hydrogen-bond acceptors (Lipinski definition) is 4. The number of Topliss-reactive ketones (excluding diaryl/α,β-unsaturated/α-hetero) is 2. The van der Waals surface area contributed by atoms with Crippen LogP contribution in [0.1, 0.15) is 70.6 Å². The first-order valence-corrected chi connectivity index (χ1v) is 14.2. The molecule has 0 radical (unpaired) electrons. The molecule has 0 bridgehead atoms. The van der Waals surface area contributed by atoms with Crippen LogP contribution in [0.3, 0.4) is 0 Å². The largest absolute Gasteiger partial charge is 0.366 e. The molecule has 9 heteroatoms. The molecule has 2 heterocycles. The number of pyridine rings is 1. The number of fused-ring (bicyclic) bond motifs is 1. The lowest BCUT2D eigenvalue weighted by atomic mass is 9.85. The van der Waals surface area contributed by atoms with Crippen LogP contribution in [-0.2, 0) is 11.2 Å². The molecule has 1 amide bonds. The number of ketones is 2. The molecule has 3 aromatic carbocycles. The molecule has 0 saturated heterocycles. The number of rotatable bonds is 11. The van der Waals surface area contributed by atoms with Crippen molar-refractivity contribution in [2.45, 2.75) is 45.1 Å². The maximum atomic E-state index is 14.3. The summed E-state index contributed by atoms with van der Waals surface area (Å²) in [5.41, 5.74) is 8.05. The summed E-state index contributed by atoms with van der Waals surface area (Å²) in [7, 11) is 0. The predicted molar refractivity (Wildman–Crippen MR) is 162 cm³/mol. The number of nitrogens with zero attached hydrogens (tertiary/aromatic N) is 2. The quantitative estimate of drug-likeness (QED) is 0.161. The fraction of sp³-hybridized carbons (Fsp3) is 0.200. The first-order chi connectivity index (χ1) is 21.1. The number of primary amides is 1. The molecular formula is C35H30F3N3O3. The Morgan fingerprint density at radius 3 is 2.32 bits per heavy atom. The van der Waals surface area contributed by atoms with E-state index in [1.54, 1.807) is 18.3 Å². The van der Waals surface area contributed by atoms with Crippen LogP contribution in [-0.4, -0.2) is 27.0 Å². The average Bonchev–Trinajstić information content (AvgIpc) is 3.37. The minimum atomic E-state index is -0.938. The molecule has 0 saturated carbocycles. The van der Waals surface area contributed by atoms with Gasteiger partial charge in [0.2, 0.25) is 0 Å². The number of aromatic nitrogens is 2. The van der Waals surface area contributed by atoms with Crippen LogP contribution >= 0.6 is 0 Å². The first-order valence-electron chi connectivity index (χ1n) is 14.2. The van der Waals surface area contributed by atoms with Crippen molar-refractivity contribution in [3.63, 3.8) is 0 Å². The molecule has 44 heavy (non-hydrogen) atoms. The van der Waals surface area contributed by atoms with E-state index in [9.17, 15) is 27.6 Å². The van der Waals surface area contributed by atoms with Crippen molar-refractivity contribution in [3.05, 3.63) is 125 Å². The molecule has 0 spiro atoms. The fourth-order valence-electron chi connectivity index (χ4n) is 5.85. The third-order valence-electron chi connectivity index (χ3n) is 7.83. The summed E-state index contributed by atoms with van der Waals surface area (Å²) in [4.78, 5) is 43.0. The minimum absolute atomic E-state index is 0.0631. The zero-order valence-corrected chi connectivity index (χ0v) is 24.2. The van der Waals surface area contributed by atoms with E-state index in [1.165, 1.54) is 37.4 Å². The third-order valence-corrected chi connectivity index (χ3v) is 7.83. The Kier molecular flexibility index (Phi) is 8.76. The molecule has 2 atom stereocenters. The Balaban J connectivity index is 1.60. The highest BCUT2D eigenvalue weighted by Gasteiger charge is 2.28. The van der Waals surface area contributed by atoms with Gasteiger partial charge in [0.25, 0.3) is 5.91 Å². The Bertz CT molecular complexity index is 1880. The van der Waals surface area contributed by atoms with Crippen molar-refractivity contribution in [1.82, 2.24) is 9.55 Å². The van der Waals surface area contributed by atoms with Crippen molar-refractivity contribution < 1.29 is 27.6 Å². The van der Waals surface area contributed by atoms with E-state index in [0.29, 0.717) is 34.4 Å². The summed E-state index contributed by atoms with van der Waals surface area (Å²) in [6.07, 6.45) is 3.66. The van der Waals surface area contributed by atoms with E-state index in [2.05, 4.69) is 4.98 Å². The number of benzene rings is 3. The minimum Gasteiger partial charge on any atom is -0.366 e. The maximum absolute atomic E-state index is 14.3. The number of carbonyl (C=O) groups excluding carboxylic acids is 3. The smallest absolute Gasteiger partial charge is 0.251 e. The second-order valence-corrected chi connectivity index (χ2v) is 10.8. The average molecular weight is 598 g/mol. The number of amides is 1. The summed E-state index contributed by atoms with van der Waals surface area (Å²) < 4.78 is 44.6. The van der Waals surface area contributed by atoms with Crippen LogP contribution in [0.15, 0.2) is 85.2 Å². The highest BCUT2D eigenvalue weighted by molar-refractivity contribution is 6.07. The first kappa shape index (κ1) is 30.4. The van der Waals surface area contributed by atoms with Gasteiger partial charge in [0.15, 0.2) is 11.6 Å². The molecule has 6 nitrogen and oxygen atoms in total. The van der Waals surface area contributed by atoms with Gasteiger partial charge in [0.05, 0.1) is 17.3 Å². The van der Waals surface area contributed by atoms with Crippen molar-refractivity contribution in [1.29, 1.82) is 0 Å². The van der Waals surface area contributed by atoms with Crippen molar-refractivity contribution >= 4 is 28.4 Å². The molecule has 1 unspecified atom stereocenters. The van der Waals surface area contributed by atoms with Crippen LogP contribution in [0.5, 0.6) is 0 Å². The second kappa shape index (κ2) is 12.7. The van der Waals surface area contributed by atoms with Gasteiger partial charge in [-0.25, -0.2) is 13.2 Å². The number of hydrogen-bond donors (Lipinski definition) is 1. The molecule has 0 aliphatic heterocycles. The second-order valence-electron chi connectivity index (χ2n) is 10.8. The van der Waals surface area contributed by atoms with Crippen molar-refractivity contribution in [2.24, 2.45) is 5.73 Å². The number of nitrogens with two attached hydrogens (primary N) is 1. The lowest BCUT2D eigenvalue weighted by Gasteiger charge is -2.23. The van der Waals surface area contributed by atoms with Crippen LogP contribution in [0.2, 0.25) is 0 Å². The molecule has 5 rings (SSSR count). The highest BCUT2D eigenvalue weighted by atomic mass is 19.1. The van der Waals surface area contributed by atoms with Gasteiger partial charge in [-0.05, 0) is 67.3 Å². The van der Waals surface area contributed by atoms with E-state index in [4.69, 9.17) is 5.73 Å². The molecule has 2 N–H and O–H groups in total. The van der Waals surface area contributed by atoms with Gasteiger partial charge in [0.1, 0.15) is 17.5 Å². The number of para-hydroxylation sites is 1. The summed E-state index contributed by atoms with van der Waals surface area (Å²) in [5, 5.41) is 0.742. The maximum Gasteiger partial charge on any atom is 0.251 e. The molecule has 0 aliphatic rings. The Morgan fingerprint density at radius 2 is 1.64 bits per heavy atom. The normalized spacial score (nSPS) is 12.7. The predicted octanol–water partition coefficient (Wildman–Crippen LogP) is 7.36. The van der Waals surface area contributed by atoms with Gasteiger partial charge in [-0.3, -0.25) is 19.4 Å². The van der Waals surface area contributed by atoms with E-state index in [-0.39, 0.29) is 30.0 Å². The summed E-state index contributed by atoms with van der Waals surface area (Å²) in [6, 6.07) is 17.2. The Labute approximate surface area is 252 Å². The van der Waals surface area contributed by atoms with Crippen LogP contribution in [0, 0.1) is 17.5 Å². The summed E-state index contributed by atoms with van der Waals surface area (Å²) in [6.45, 7) is 3.35. The number of carbonyl (C=O) groups is 3. The topological polar surface area (TPSA) is 95.1 Å². The van der Waals surface area contributed by atoms with E-state index >= 15 is 0 Å². The van der Waals surface area contributed by atoms with Gasteiger partial charge in [-0.15, -0.1) is 0 Å². The lowest BCUT2D eigenvalue weighted by molar-refractivity contribution is -0.122. The highest BCUT2D eigenvalue weighted by Crippen LogP contribution is 2.36. The van der Waals surface area contributed by atoms with Gasteiger partial charge in [-0.1, -0.05) is 37.3 Å². The zero-order chi connectivity index (χ0) is 31.5. The Hall–Kier alpha value is -5.05. The van der Waals surface area contributed by atoms with Crippen molar-refractivity contribution in [2.75, 3.05) is 0 Å². The molecule has 2 aromatic heterocycles. The molecule has 224 valence electrons. The third kappa shape index (κ3) is 6.17. The number of halogens is 3. The van der Waals surface area contributed by atoms with Crippen molar-refractivity contribution in [3.8, 4) is 11.1 Å². The standard InChI is InChI=1S/C35H30F3N3O3/c1-3-31(41-19-29(20(2)42)27-7-4-5-9-32(27)41)33(43)17-23(13-21-14-24(36)18-25(37)15-21)34-26(8-6-12-40-34)22-10-11-30(38)28(16-22)35(39)44/h4-12,14-16,18-19,23,31H,3,13,17H2,1-2H3,(H2,39,44)/t23-,31?/m1/s1. The molecule has 5 aromatic rings.